The Morgan fingerprint density at radius 3 is 2.09 bits per heavy atom. The zero-order valence-electron chi connectivity index (χ0n) is 23.2. The summed E-state index contributed by atoms with van der Waals surface area (Å²) in [5.74, 6) is -5.44. The highest BCUT2D eigenvalue weighted by molar-refractivity contribution is 7.24. The molecule has 128 valence electrons. The first-order chi connectivity index (χ1) is 15.5. The third-order valence-electron chi connectivity index (χ3n) is 2.24. The van der Waals surface area contributed by atoms with Crippen LogP contribution in [0.15, 0.2) is 0 Å². The second-order valence-corrected chi connectivity index (χ2v) is 4.42. The maximum absolute atomic E-state index is 8.93. The Morgan fingerprint density at radius 2 is 1.61 bits per heavy atom. The molecule has 10 nitrogen and oxygen atoms in total. The first kappa shape index (κ1) is 7.61. The standard InChI is InChI=1S/C12H18N6.HO4P.H2/c1-5(2)7-8(6(3)4)16-11-9(15-7)10(13)17-12(14)18-11;1-4-5(2)3;/h5-6H,1-4H3,(H4,13,14,16,17,18);1H;1H/i1D3,2D3,3D3,4D3;;. The number of rotatable bonds is 3. The highest BCUT2D eigenvalue weighted by atomic mass is 31.1. The highest BCUT2D eigenvalue weighted by Gasteiger charge is 2.17. The summed E-state index contributed by atoms with van der Waals surface area (Å²) in [7, 11) is -3.04. The molecule has 2 aromatic heterocycles. The molecule has 0 radical (unpaired) electrons. The van der Waals surface area contributed by atoms with Crippen LogP contribution in [-0.4, -0.2) is 25.2 Å². The van der Waals surface area contributed by atoms with E-state index >= 15 is 0 Å². The van der Waals surface area contributed by atoms with Gasteiger partial charge < -0.3 is 11.5 Å². The molecule has 0 saturated heterocycles. The summed E-state index contributed by atoms with van der Waals surface area (Å²) in [6, 6.07) is 0. The Labute approximate surface area is 151 Å². The average molecular weight is 356 g/mol. The van der Waals surface area contributed by atoms with Crippen LogP contribution in [0.4, 0.5) is 11.8 Å². The van der Waals surface area contributed by atoms with Crippen molar-refractivity contribution >= 4 is 30.8 Å². The predicted octanol–water partition coefficient (Wildman–Crippen LogP) is 2.64. The second-order valence-electron chi connectivity index (χ2n) is 3.80. The number of fused-ring (bicyclic) bond motifs is 1. The number of nitrogens with two attached hydrogens (primary N) is 2. The molecule has 0 aliphatic rings. The molecule has 2 heterocycles. The zero-order chi connectivity index (χ0) is 27.7. The predicted molar refractivity (Wildman–Crippen MR) is 86.3 cm³/mol. The van der Waals surface area contributed by atoms with Gasteiger partial charge in [-0.1, -0.05) is 27.4 Å². The first-order valence-corrected chi connectivity index (χ1v) is 6.67. The zero-order valence-corrected chi connectivity index (χ0v) is 12.1. The summed E-state index contributed by atoms with van der Waals surface area (Å²) < 4.78 is 113. The van der Waals surface area contributed by atoms with E-state index in [9.17, 15) is 0 Å². The number of hydrogen-bond donors (Lipinski definition) is 3. The minimum absolute atomic E-state index is 0. The fourth-order valence-electron chi connectivity index (χ4n) is 1.44. The number of nitrogen functional groups attached to an aromatic ring is 2. The van der Waals surface area contributed by atoms with Crippen LogP contribution in [0.3, 0.4) is 0 Å². The van der Waals surface area contributed by atoms with Gasteiger partial charge in [-0.15, -0.1) is 4.67 Å². The quantitative estimate of drug-likeness (QED) is 0.422. The molecule has 0 bridgehead atoms. The van der Waals surface area contributed by atoms with Crippen LogP contribution in [0.5, 0.6) is 0 Å². The molecule has 0 amide bonds. The van der Waals surface area contributed by atoms with Crippen molar-refractivity contribution < 1.29 is 36.9 Å². The number of nitrogens with zero attached hydrogens (tertiary/aromatic N) is 4. The lowest BCUT2D eigenvalue weighted by atomic mass is 10.0. The molecule has 0 saturated carbocycles. The summed E-state index contributed by atoms with van der Waals surface area (Å²) in [6.07, 6.45) is 0. The fraction of sp³-hybridized carbons (Fsp3) is 0.500. The normalized spacial score (nSPS) is 20.7. The van der Waals surface area contributed by atoms with Crippen molar-refractivity contribution in [3.05, 3.63) is 11.4 Å². The molecule has 0 spiro atoms. The van der Waals surface area contributed by atoms with Crippen molar-refractivity contribution in [3.63, 3.8) is 0 Å². The van der Waals surface area contributed by atoms with Gasteiger partial charge in [0.1, 0.15) is 0 Å². The number of hydrogen-bond acceptors (Lipinski definition) is 10. The first-order valence-electron chi connectivity index (χ1n) is 11.6. The monoisotopic (exact) mass is 356 g/mol. The lowest BCUT2D eigenvalue weighted by molar-refractivity contribution is -0.132. The molecule has 0 unspecified atom stereocenters. The van der Waals surface area contributed by atoms with Crippen LogP contribution in [0, 0.1) is 0 Å². The van der Waals surface area contributed by atoms with E-state index in [4.69, 9.17) is 42.3 Å². The van der Waals surface area contributed by atoms with E-state index in [1.165, 1.54) is 0 Å². The van der Waals surface area contributed by atoms with Gasteiger partial charge in [-0.05, 0) is 11.8 Å². The van der Waals surface area contributed by atoms with Crippen LogP contribution < -0.4 is 11.5 Å². The fourth-order valence-corrected chi connectivity index (χ4v) is 1.44. The molecule has 5 N–H and O–H groups in total. The van der Waals surface area contributed by atoms with E-state index in [-0.39, 0.29) is 18.7 Å². The van der Waals surface area contributed by atoms with Crippen molar-refractivity contribution in [2.24, 2.45) is 0 Å². The van der Waals surface area contributed by atoms with Gasteiger partial charge in [-0.3, -0.25) is 0 Å². The Kier molecular flexibility index (Phi) is 2.62. The van der Waals surface area contributed by atoms with Crippen LogP contribution >= 0.6 is 7.91 Å². The maximum atomic E-state index is 8.93. The van der Waals surface area contributed by atoms with Crippen LogP contribution in [0.1, 0.15) is 68.5 Å². The molecule has 0 aromatic carbocycles. The van der Waals surface area contributed by atoms with Gasteiger partial charge in [0.2, 0.25) is 5.95 Å². The summed E-state index contributed by atoms with van der Waals surface area (Å²) in [5, 5.41) is 7.05. The van der Waals surface area contributed by atoms with Crippen molar-refractivity contribution in [1.82, 2.24) is 19.9 Å². The molecule has 0 fully saturated rings. The highest BCUT2D eigenvalue weighted by Crippen LogP contribution is 2.26. The topological polar surface area (TPSA) is 167 Å². The third-order valence-corrected chi connectivity index (χ3v) is 2.38. The van der Waals surface area contributed by atoms with E-state index in [0.29, 0.717) is 0 Å². The Hall–Kier alpha value is -2.16. The molecule has 23 heavy (non-hydrogen) atoms. The minimum atomic E-state index is -3.21. The number of anilines is 2. The van der Waals surface area contributed by atoms with Gasteiger partial charge in [-0.2, -0.15) is 9.97 Å². The third kappa shape index (κ3) is 4.92. The van der Waals surface area contributed by atoms with Gasteiger partial charge in [0.15, 0.2) is 17.0 Å². The van der Waals surface area contributed by atoms with Crippen LogP contribution in [0.2, 0.25) is 0 Å². The van der Waals surface area contributed by atoms with Crippen molar-refractivity contribution in [2.45, 2.75) is 39.2 Å². The van der Waals surface area contributed by atoms with Gasteiger partial charge in [-0.25, -0.2) is 24.4 Å². The molecular formula is C12H21N6O4P. The largest absolute Gasteiger partial charge is 0.496 e. The van der Waals surface area contributed by atoms with Crippen LogP contribution in [0.25, 0.3) is 11.2 Å². The molecule has 11 heteroatoms. The summed E-state index contributed by atoms with van der Waals surface area (Å²) in [5.41, 5.74) is 8.76. The van der Waals surface area contributed by atoms with E-state index in [1.807, 2.05) is 0 Å². The van der Waals surface area contributed by atoms with Crippen molar-refractivity contribution in [3.8, 4) is 0 Å². The maximum Gasteiger partial charge on any atom is 0.496 e. The van der Waals surface area contributed by atoms with E-state index in [0.717, 1.165) is 0 Å². The minimum Gasteiger partial charge on any atom is -0.382 e. The van der Waals surface area contributed by atoms with E-state index in [2.05, 4.69) is 24.6 Å². The van der Waals surface area contributed by atoms with Crippen LogP contribution in [-0.2, 0) is 13.8 Å². The molecule has 0 aliphatic carbocycles. The van der Waals surface area contributed by atoms with Gasteiger partial charge in [0, 0.05) is 17.9 Å². The summed E-state index contributed by atoms with van der Waals surface area (Å²) in [4.78, 5) is 15.2. The lowest BCUT2D eigenvalue weighted by Gasteiger charge is -2.14. The molecule has 2 rings (SSSR count). The van der Waals surface area contributed by atoms with Gasteiger partial charge in [0.25, 0.3) is 0 Å². The summed E-state index contributed by atoms with van der Waals surface area (Å²) >= 11 is 0. The summed E-state index contributed by atoms with van der Waals surface area (Å²) in [6.45, 7) is -12.8. The second kappa shape index (κ2) is 7.91. The van der Waals surface area contributed by atoms with E-state index < -0.39 is 64.2 Å². The average Bonchev–Trinajstić information content (AvgIpc) is 2.58. The Balaban J connectivity index is 0.00000185. The Morgan fingerprint density at radius 1 is 1.09 bits per heavy atom. The van der Waals surface area contributed by atoms with Crippen molar-refractivity contribution in [2.75, 3.05) is 11.5 Å². The Bertz CT molecular complexity index is 1100. The lowest BCUT2D eigenvalue weighted by Crippen LogP contribution is -2.10. The SMILES string of the molecule is O=P(=O)OO.[2H]C([2H])([2H])C(c1nc2nc(N)nc(N)c2nc1C(C([2H])([2H])[2H])C([2H])([2H])[2H])C([2H])([2H])[2H].[HH]. The van der Waals surface area contributed by atoms with Crippen molar-refractivity contribution in [1.29, 1.82) is 0 Å². The van der Waals surface area contributed by atoms with E-state index in [1.54, 1.807) is 0 Å². The van der Waals surface area contributed by atoms with Gasteiger partial charge >= 0.3 is 7.91 Å². The smallest absolute Gasteiger partial charge is 0.382 e. The molecule has 0 atom stereocenters. The molecular weight excluding hydrogens is 323 g/mol. The molecule has 0 aliphatic heterocycles. The molecule has 2 aromatic rings. The number of aromatic nitrogens is 4. The van der Waals surface area contributed by atoms with Gasteiger partial charge in [0.05, 0.1) is 11.4 Å².